The second-order valence-corrected chi connectivity index (χ2v) is 3.18. The van der Waals surface area contributed by atoms with E-state index in [1.807, 2.05) is 32.1 Å². The first-order chi connectivity index (χ1) is 5.56. The molecule has 0 saturated heterocycles. The molecule has 0 aliphatic heterocycles. The van der Waals surface area contributed by atoms with E-state index in [4.69, 9.17) is 5.41 Å². The van der Waals surface area contributed by atoms with E-state index < -0.39 is 0 Å². The van der Waals surface area contributed by atoms with Crippen LogP contribution >= 0.6 is 0 Å². The van der Waals surface area contributed by atoms with E-state index in [2.05, 4.69) is 11.5 Å². The third-order valence-electron chi connectivity index (χ3n) is 1.65. The largest absolute Gasteiger partial charge is 0.380 e. The fourth-order valence-electron chi connectivity index (χ4n) is 0.904. The van der Waals surface area contributed by atoms with Gasteiger partial charge in [-0.1, -0.05) is 6.58 Å². The summed E-state index contributed by atoms with van der Waals surface area (Å²) >= 11 is 0. The number of nitrogens with zero attached hydrogens (tertiary/aromatic N) is 2. The summed E-state index contributed by atoms with van der Waals surface area (Å²) in [7, 11) is 4.02. The maximum absolute atomic E-state index is 7.28. The van der Waals surface area contributed by atoms with Gasteiger partial charge in [0.2, 0.25) is 0 Å². The van der Waals surface area contributed by atoms with Gasteiger partial charge < -0.3 is 10.3 Å². The van der Waals surface area contributed by atoms with Crippen LogP contribution in [0.1, 0.15) is 6.92 Å². The SMILES string of the molecule is C=CN(C)CCN(C)CC(C)=N. The lowest BCUT2D eigenvalue weighted by molar-refractivity contribution is 0.324. The monoisotopic (exact) mass is 169 g/mol. The molecule has 0 saturated carbocycles. The Morgan fingerprint density at radius 2 is 2.00 bits per heavy atom. The van der Waals surface area contributed by atoms with Crippen molar-refractivity contribution < 1.29 is 0 Å². The number of rotatable bonds is 6. The van der Waals surface area contributed by atoms with E-state index in [0.717, 1.165) is 19.6 Å². The molecule has 0 aromatic heterocycles. The maximum Gasteiger partial charge on any atom is 0.0355 e. The van der Waals surface area contributed by atoms with Gasteiger partial charge >= 0.3 is 0 Å². The van der Waals surface area contributed by atoms with Crippen molar-refractivity contribution in [2.24, 2.45) is 0 Å². The van der Waals surface area contributed by atoms with Crippen molar-refractivity contribution >= 4 is 5.71 Å². The molecular formula is C9H19N3. The zero-order valence-electron chi connectivity index (χ0n) is 8.30. The van der Waals surface area contributed by atoms with Crippen molar-refractivity contribution in [2.75, 3.05) is 33.7 Å². The van der Waals surface area contributed by atoms with E-state index in [-0.39, 0.29) is 0 Å². The molecule has 0 aromatic rings. The highest BCUT2D eigenvalue weighted by Gasteiger charge is 1.99. The predicted molar refractivity (Wildman–Crippen MR) is 53.7 cm³/mol. The number of hydrogen-bond acceptors (Lipinski definition) is 3. The topological polar surface area (TPSA) is 30.3 Å². The van der Waals surface area contributed by atoms with Crippen LogP contribution in [0.4, 0.5) is 0 Å². The fraction of sp³-hybridized carbons (Fsp3) is 0.667. The summed E-state index contributed by atoms with van der Waals surface area (Å²) in [5.74, 6) is 0. The Labute approximate surface area is 75.2 Å². The number of likely N-dealkylation sites (N-methyl/N-ethyl adjacent to an activating group) is 2. The van der Waals surface area contributed by atoms with Gasteiger partial charge in [-0.15, -0.1) is 0 Å². The average molecular weight is 169 g/mol. The molecule has 0 spiro atoms. The number of hydrogen-bond donors (Lipinski definition) is 1. The molecular weight excluding hydrogens is 150 g/mol. The van der Waals surface area contributed by atoms with Crippen molar-refractivity contribution in [1.82, 2.24) is 9.80 Å². The minimum Gasteiger partial charge on any atom is -0.380 e. The van der Waals surface area contributed by atoms with Crippen molar-refractivity contribution in [3.63, 3.8) is 0 Å². The molecule has 3 nitrogen and oxygen atoms in total. The van der Waals surface area contributed by atoms with Crippen molar-refractivity contribution in [1.29, 1.82) is 5.41 Å². The van der Waals surface area contributed by atoms with Gasteiger partial charge in [0.05, 0.1) is 0 Å². The van der Waals surface area contributed by atoms with Crippen LogP contribution in [-0.2, 0) is 0 Å². The molecule has 1 N–H and O–H groups in total. The van der Waals surface area contributed by atoms with Crippen LogP contribution in [0.2, 0.25) is 0 Å². The first-order valence-electron chi connectivity index (χ1n) is 4.11. The molecule has 0 rings (SSSR count). The second-order valence-electron chi connectivity index (χ2n) is 3.18. The molecule has 12 heavy (non-hydrogen) atoms. The fourth-order valence-corrected chi connectivity index (χ4v) is 0.904. The van der Waals surface area contributed by atoms with Crippen LogP contribution in [0.5, 0.6) is 0 Å². The van der Waals surface area contributed by atoms with Gasteiger partial charge in [-0.05, 0) is 20.2 Å². The summed E-state index contributed by atoms with van der Waals surface area (Å²) < 4.78 is 0. The highest BCUT2D eigenvalue weighted by molar-refractivity contribution is 5.80. The summed E-state index contributed by atoms with van der Waals surface area (Å²) in [4.78, 5) is 4.16. The Balaban J connectivity index is 3.49. The second kappa shape index (κ2) is 5.77. The lowest BCUT2D eigenvalue weighted by Crippen LogP contribution is -2.31. The average Bonchev–Trinajstić information content (AvgIpc) is 1.99. The Kier molecular flexibility index (Phi) is 5.37. The molecule has 0 unspecified atom stereocenters. The summed E-state index contributed by atoms with van der Waals surface area (Å²) in [5, 5.41) is 7.28. The predicted octanol–water partition coefficient (Wildman–Crippen LogP) is 1.03. The minimum atomic E-state index is 0.707. The molecule has 0 radical (unpaired) electrons. The smallest absolute Gasteiger partial charge is 0.0355 e. The van der Waals surface area contributed by atoms with Crippen LogP contribution < -0.4 is 0 Å². The summed E-state index contributed by atoms with van der Waals surface area (Å²) in [6, 6.07) is 0. The van der Waals surface area contributed by atoms with Gasteiger partial charge in [0.1, 0.15) is 0 Å². The van der Waals surface area contributed by atoms with Crippen molar-refractivity contribution in [3.8, 4) is 0 Å². The van der Waals surface area contributed by atoms with E-state index in [1.54, 1.807) is 0 Å². The van der Waals surface area contributed by atoms with Gasteiger partial charge in [0.15, 0.2) is 0 Å². The van der Waals surface area contributed by atoms with Crippen LogP contribution in [0.15, 0.2) is 12.8 Å². The molecule has 0 aliphatic carbocycles. The summed E-state index contributed by atoms with van der Waals surface area (Å²) in [6.07, 6.45) is 1.81. The van der Waals surface area contributed by atoms with Gasteiger partial charge in [-0.3, -0.25) is 4.90 Å². The maximum atomic E-state index is 7.28. The van der Waals surface area contributed by atoms with E-state index in [9.17, 15) is 0 Å². The lowest BCUT2D eigenvalue weighted by atomic mass is 10.4. The Hall–Kier alpha value is -0.830. The van der Waals surface area contributed by atoms with E-state index >= 15 is 0 Å². The Morgan fingerprint density at radius 1 is 1.42 bits per heavy atom. The van der Waals surface area contributed by atoms with Gasteiger partial charge in [0.25, 0.3) is 0 Å². The standard InChI is InChI=1S/C9H19N3/c1-5-11(3)6-7-12(4)8-9(2)10/h5,10H,1,6-8H2,2-4H3. The summed E-state index contributed by atoms with van der Waals surface area (Å²) in [6.45, 7) is 8.18. The first kappa shape index (κ1) is 11.2. The molecule has 0 fully saturated rings. The van der Waals surface area contributed by atoms with Crippen molar-refractivity contribution in [3.05, 3.63) is 12.8 Å². The zero-order valence-corrected chi connectivity index (χ0v) is 8.30. The van der Waals surface area contributed by atoms with Gasteiger partial charge in [0, 0.05) is 32.4 Å². The van der Waals surface area contributed by atoms with Crippen LogP contribution in [0.25, 0.3) is 0 Å². The molecule has 0 aliphatic rings. The van der Waals surface area contributed by atoms with Crippen LogP contribution in [0, 0.1) is 5.41 Å². The third kappa shape index (κ3) is 5.92. The molecule has 0 atom stereocenters. The van der Waals surface area contributed by atoms with E-state index in [1.165, 1.54) is 0 Å². The third-order valence-corrected chi connectivity index (χ3v) is 1.65. The van der Waals surface area contributed by atoms with Crippen LogP contribution in [0.3, 0.4) is 0 Å². The van der Waals surface area contributed by atoms with Gasteiger partial charge in [-0.25, -0.2) is 0 Å². The van der Waals surface area contributed by atoms with Crippen LogP contribution in [-0.4, -0.2) is 49.2 Å². The number of nitrogens with one attached hydrogen (secondary N) is 1. The molecule has 0 amide bonds. The van der Waals surface area contributed by atoms with E-state index in [0.29, 0.717) is 5.71 Å². The Bertz CT molecular complexity index is 154. The zero-order chi connectivity index (χ0) is 9.56. The molecule has 0 aromatic carbocycles. The Morgan fingerprint density at radius 3 is 2.42 bits per heavy atom. The summed E-state index contributed by atoms with van der Waals surface area (Å²) in [5.41, 5.74) is 0.707. The quantitative estimate of drug-likeness (QED) is 0.602. The highest BCUT2D eigenvalue weighted by Crippen LogP contribution is 1.87. The minimum absolute atomic E-state index is 0.707. The molecule has 0 bridgehead atoms. The molecule has 3 heteroatoms. The van der Waals surface area contributed by atoms with Gasteiger partial charge in [-0.2, -0.15) is 0 Å². The lowest BCUT2D eigenvalue weighted by Gasteiger charge is -2.19. The highest BCUT2D eigenvalue weighted by atomic mass is 15.2. The van der Waals surface area contributed by atoms with Crippen molar-refractivity contribution in [2.45, 2.75) is 6.92 Å². The molecule has 70 valence electrons. The normalized spacial score (nSPS) is 10.0. The first-order valence-corrected chi connectivity index (χ1v) is 4.11. The molecule has 0 heterocycles.